The molecule has 0 aliphatic heterocycles. The summed E-state index contributed by atoms with van der Waals surface area (Å²) in [5, 5.41) is 0. The topological polar surface area (TPSA) is 78.9 Å². The first kappa shape index (κ1) is 77.0. The Morgan fingerprint density at radius 2 is 0.446 bits per heavy atom. The van der Waals surface area contributed by atoms with Gasteiger partial charge in [0.15, 0.2) is 6.10 Å². The Kier molecular flexibility index (Phi) is 63.5. The summed E-state index contributed by atoms with van der Waals surface area (Å²) >= 11 is 0. The Labute approximate surface area is 509 Å². The van der Waals surface area contributed by atoms with Crippen LogP contribution in [-0.2, 0) is 28.6 Å². The van der Waals surface area contributed by atoms with Crippen molar-refractivity contribution >= 4 is 17.9 Å². The predicted molar refractivity (Wildman–Crippen MR) is 361 cm³/mol. The van der Waals surface area contributed by atoms with Gasteiger partial charge >= 0.3 is 17.9 Å². The summed E-state index contributed by atoms with van der Waals surface area (Å²) < 4.78 is 16.8. The summed E-state index contributed by atoms with van der Waals surface area (Å²) in [6.45, 7) is 6.20. The monoisotopic (exact) mass is 1140 g/mol. The fourth-order valence-corrected chi connectivity index (χ4v) is 8.01. The van der Waals surface area contributed by atoms with Gasteiger partial charge in [-0.25, -0.2) is 0 Å². The number of carbonyl (C=O) groups is 3. The first-order chi connectivity index (χ1) is 41.0. The molecule has 0 N–H and O–H groups in total. The maximum Gasteiger partial charge on any atom is 0.306 e. The minimum absolute atomic E-state index is 0.127. The van der Waals surface area contributed by atoms with Gasteiger partial charge in [-0.3, -0.25) is 14.4 Å². The molecule has 0 aromatic rings. The van der Waals surface area contributed by atoms with E-state index in [0.717, 1.165) is 180 Å². The lowest BCUT2D eigenvalue weighted by molar-refractivity contribution is -0.167. The zero-order chi connectivity index (χ0) is 59.9. The summed E-state index contributed by atoms with van der Waals surface area (Å²) in [6.07, 6.45) is 105. The van der Waals surface area contributed by atoms with Crippen LogP contribution in [0.15, 0.2) is 207 Å². The van der Waals surface area contributed by atoms with Crippen molar-refractivity contribution in [2.24, 2.45) is 0 Å². The molecule has 6 heteroatoms. The largest absolute Gasteiger partial charge is 0.462 e. The van der Waals surface area contributed by atoms with Gasteiger partial charge in [0.25, 0.3) is 0 Å². The van der Waals surface area contributed by atoms with E-state index in [1.54, 1.807) is 0 Å². The standard InChI is InChI=1S/C77H116O6/c1-4-7-10-13-16-19-22-25-28-31-33-34-35-36-37-38-39-40-41-42-44-46-49-52-55-58-61-64-67-70-76(79)82-73-74(72-81-75(78)69-66-63-60-57-54-51-48-45-30-27-24-21-18-15-12-9-6-3)83-77(80)71-68-65-62-59-56-53-50-47-43-32-29-26-23-20-17-14-11-8-5-2/h7-12,16-21,25-30,33-34,36-37,39-40,42-44,47-49,51-52,57,60,74H,4-6,13-15,22-24,31-32,35,38,41,45-46,50,53-56,58-59,61-73H2,1-3H3/b10-7-,11-8-,12-9-,19-16-,20-17-,21-18-,28-25-,29-26-,30-27-,34-33-,37-36-,40-39-,44-42-,47-43-,51-48-,52-49-,60-57-. The molecular weight excluding hydrogens is 1020 g/mol. The van der Waals surface area contributed by atoms with Gasteiger partial charge in [0.2, 0.25) is 0 Å². The number of rotatable bonds is 56. The van der Waals surface area contributed by atoms with Crippen LogP contribution in [0.5, 0.6) is 0 Å². The van der Waals surface area contributed by atoms with Crippen molar-refractivity contribution in [3.63, 3.8) is 0 Å². The van der Waals surface area contributed by atoms with Crippen molar-refractivity contribution in [3.05, 3.63) is 207 Å². The molecule has 1 unspecified atom stereocenters. The summed E-state index contributed by atoms with van der Waals surface area (Å²) in [7, 11) is 0. The van der Waals surface area contributed by atoms with Gasteiger partial charge in [-0.15, -0.1) is 0 Å². The molecule has 0 saturated heterocycles. The Morgan fingerprint density at radius 3 is 0.723 bits per heavy atom. The number of allylic oxidation sites excluding steroid dienone is 34. The fourth-order valence-electron chi connectivity index (χ4n) is 8.01. The molecule has 0 aliphatic rings. The van der Waals surface area contributed by atoms with Crippen LogP contribution in [0.1, 0.15) is 239 Å². The average molecular weight is 1140 g/mol. The van der Waals surface area contributed by atoms with Crippen LogP contribution in [0.25, 0.3) is 0 Å². The summed E-state index contributed by atoms with van der Waals surface area (Å²) in [6, 6.07) is 0. The maximum atomic E-state index is 12.9. The highest BCUT2D eigenvalue weighted by Crippen LogP contribution is 2.13. The molecule has 0 bridgehead atoms. The van der Waals surface area contributed by atoms with E-state index in [4.69, 9.17) is 14.2 Å². The molecule has 0 saturated carbocycles. The summed E-state index contributed by atoms with van der Waals surface area (Å²) in [4.78, 5) is 38.4. The minimum Gasteiger partial charge on any atom is -0.462 e. The Balaban J connectivity index is 4.55. The first-order valence-corrected chi connectivity index (χ1v) is 32.6. The van der Waals surface area contributed by atoms with E-state index in [-0.39, 0.29) is 44.0 Å². The number of unbranched alkanes of at least 4 members (excludes halogenated alkanes) is 11. The van der Waals surface area contributed by atoms with Gasteiger partial charge in [-0.2, -0.15) is 0 Å². The van der Waals surface area contributed by atoms with Gasteiger partial charge in [0.05, 0.1) is 0 Å². The molecule has 0 heterocycles. The van der Waals surface area contributed by atoms with Gasteiger partial charge in [-0.05, 0) is 161 Å². The zero-order valence-corrected chi connectivity index (χ0v) is 52.6. The lowest BCUT2D eigenvalue weighted by atomic mass is 10.1. The lowest BCUT2D eigenvalue weighted by Gasteiger charge is -2.18. The van der Waals surface area contributed by atoms with Crippen molar-refractivity contribution in [1.29, 1.82) is 0 Å². The van der Waals surface area contributed by atoms with Crippen molar-refractivity contribution in [3.8, 4) is 0 Å². The molecule has 0 spiro atoms. The van der Waals surface area contributed by atoms with Crippen LogP contribution in [0, 0.1) is 0 Å². The van der Waals surface area contributed by atoms with E-state index in [1.807, 2.05) is 0 Å². The van der Waals surface area contributed by atoms with E-state index in [0.29, 0.717) is 12.8 Å². The molecule has 6 nitrogen and oxygen atoms in total. The van der Waals surface area contributed by atoms with Crippen molar-refractivity contribution in [1.82, 2.24) is 0 Å². The third-order valence-electron chi connectivity index (χ3n) is 12.8. The second-order valence-corrected chi connectivity index (χ2v) is 20.5. The van der Waals surface area contributed by atoms with Crippen molar-refractivity contribution < 1.29 is 28.6 Å². The molecule has 0 amide bonds. The SMILES string of the molecule is CC/C=C\C/C=C\C/C=C\C/C=C\C/C=C\C/C=C\C/C=C\C/C=C\CCCCCCC(=O)OCC(COC(=O)CCC/C=C\C/C=C\C/C=C\C/C=C\C/C=C\CC)OC(=O)CCCCCCCC/C=C\C/C=C\C/C=C\C/C=C\CC. The number of esters is 3. The Bertz CT molecular complexity index is 2030. The van der Waals surface area contributed by atoms with Gasteiger partial charge in [-0.1, -0.05) is 266 Å². The highest BCUT2D eigenvalue weighted by Gasteiger charge is 2.19. The molecule has 0 aliphatic carbocycles. The van der Waals surface area contributed by atoms with E-state index in [1.165, 1.54) is 12.8 Å². The van der Waals surface area contributed by atoms with Gasteiger partial charge in [0.1, 0.15) is 13.2 Å². The van der Waals surface area contributed by atoms with Crippen LogP contribution < -0.4 is 0 Å². The van der Waals surface area contributed by atoms with Crippen LogP contribution in [0.3, 0.4) is 0 Å². The van der Waals surface area contributed by atoms with Gasteiger partial charge in [0, 0.05) is 19.3 Å². The molecule has 0 radical (unpaired) electrons. The highest BCUT2D eigenvalue weighted by molar-refractivity contribution is 5.71. The van der Waals surface area contributed by atoms with E-state index in [2.05, 4.69) is 227 Å². The normalized spacial score (nSPS) is 13.5. The quantitative estimate of drug-likeness (QED) is 0.0261. The van der Waals surface area contributed by atoms with E-state index < -0.39 is 6.10 Å². The first-order valence-electron chi connectivity index (χ1n) is 32.6. The van der Waals surface area contributed by atoms with E-state index >= 15 is 0 Å². The molecule has 0 rings (SSSR count). The maximum absolute atomic E-state index is 12.9. The summed E-state index contributed by atoms with van der Waals surface area (Å²) in [5.74, 6) is -1.03. The molecule has 460 valence electrons. The molecule has 0 aromatic heterocycles. The Hall–Kier alpha value is -6.01. The third-order valence-corrected chi connectivity index (χ3v) is 12.8. The molecule has 1 atom stereocenters. The number of hydrogen-bond acceptors (Lipinski definition) is 6. The van der Waals surface area contributed by atoms with Crippen molar-refractivity contribution in [2.45, 2.75) is 245 Å². The molecule has 0 aromatic carbocycles. The zero-order valence-electron chi connectivity index (χ0n) is 52.6. The fraction of sp³-hybridized carbons (Fsp3) is 0.519. The number of carbonyl (C=O) groups excluding carboxylic acids is 3. The average Bonchev–Trinajstić information content (AvgIpc) is 3.49. The second-order valence-electron chi connectivity index (χ2n) is 20.5. The van der Waals surface area contributed by atoms with Crippen LogP contribution >= 0.6 is 0 Å². The van der Waals surface area contributed by atoms with Crippen LogP contribution in [0.2, 0.25) is 0 Å². The molecular formula is C77H116O6. The Morgan fingerprint density at radius 1 is 0.241 bits per heavy atom. The van der Waals surface area contributed by atoms with Crippen LogP contribution in [0.4, 0.5) is 0 Å². The van der Waals surface area contributed by atoms with Gasteiger partial charge < -0.3 is 14.2 Å². The minimum atomic E-state index is -0.835. The number of ether oxygens (including phenoxy) is 3. The predicted octanol–water partition coefficient (Wildman–Crippen LogP) is 22.8. The highest BCUT2D eigenvalue weighted by atomic mass is 16.6. The number of hydrogen-bond donors (Lipinski definition) is 0. The third kappa shape index (κ3) is 66.7. The molecule has 83 heavy (non-hydrogen) atoms. The second kappa shape index (κ2) is 68.5. The van der Waals surface area contributed by atoms with Crippen molar-refractivity contribution in [2.75, 3.05) is 13.2 Å². The van der Waals surface area contributed by atoms with E-state index in [9.17, 15) is 14.4 Å². The summed E-state index contributed by atoms with van der Waals surface area (Å²) in [5.41, 5.74) is 0. The lowest BCUT2D eigenvalue weighted by Crippen LogP contribution is -2.30. The smallest absolute Gasteiger partial charge is 0.306 e. The molecule has 0 fully saturated rings. The van der Waals surface area contributed by atoms with Crippen LogP contribution in [-0.4, -0.2) is 37.2 Å².